The Morgan fingerprint density at radius 2 is 2.12 bits per heavy atom. The topological polar surface area (TPSA) is 50.2 Å². The number of carbonyl (C=O) groups is 1. The number of aromatic carboxylic acids is 1. The van der Waals surface area contributed by atoms with Gasteiger partial charge in [-0.1, -0.05) is 0 Å². The van der Waals surface area contributed by atoms with Crippen LogP contribution in [0.4, 0.5) is 8.78 Å². The molecule has 0 aliphatic rings. The van der Waals surface area contributed by atoms with Crippen LogP contribution in [0.25, 0.3) is 11.3 Å². The minimum atomic E-state index is -1.18. The molecule has 3 nitrogen and oxygen atoms in total. The average molecular weight is 255 g/mol. The molecule has 0 aliphatic heterocycles. The van der Waals surface area contributed by atoms with Crippen molar-refractivity contribution < 1.29 is 18.7 Å². The van der Waals surface area contributed by atoms with Gasteiger partial charge < -0.3 is 5.11 Å². The van der Waals surface area contributed by atoms with Gasteiger partial charge in [0, 0.05) is 10.4 Å². The molecule has 1 heterocycles. The standard InChI is InChI=1S/C11H7F2NO2S/c1-5-9(14-10(17-5)11(15)16)7-4-6(12)2-3-8(7)13/h2-4H,1H3,(H,15,16). The molecule has 0 unspecified atom stereocenters. The average Bonchev–Trinajstić information content (AvgIpc) is 2.64. The van der Waals surface area contributed by atoms with E-state index in [9.17, 15) is 13.6 Å². The molecule has 0 aliphatic carbocycles. The molecule has 17 heavy (non-hydrogen) atoms. The molecule has 88 valence electrons. The van der Waals surface area contributed by atoms with Crippen molar-refractivity contribution in [3.8, 4) is 11.3 Å². The highest BCUT2D eigenvalue weighted by atomic mass is 32.1. The summed E-state index contributed by atoms with van der Waals surface area (Å²) in [6.45, 7) is 1.61. The molecule has 0 atom stereocenters. The molecule has 0 saturated heterocycles. The molecular formula is C11H7F2NO2S. The first kappa shape index (κ1) is 11.7. The van der Waals surface area contributed by atoms with Crippen molar-refractivity contribution in [1.82, 2.24) is 4.98 Å². The van der Waals surface area contributed by atoms with E-state index in [1.807, 2.05) is 0 Å². The minimum absolute atomic E-state index is 0.0220. The summed E-state index contributed by atoms with van der Waals surface area (Å²) in [6.07, 6.45) is 0. The van der Waals surface area contributed by atoms with Gasteiger partial charge in [-0.05, 0) is 25.1 Å². The fourth-order valence-electron chi connectivity index (χ4n) is 1.42. The van der Waals surface area contributed by atoms with Crippen molar-refractivity contribution in [2.24, 2.45) is 0 Å². The van der Waals surface area contributed by atoms with Crippen LogP contribution in [0.5, 0.6) is 0 Å². The predicted octanol–water partition coefficient (Wildman–Crippen LogP) is 3.09. The number of rotatable bonds is 2. The Labute approximate surface area is 99.4 Å². The van der Waals surface area contributed by atoms with Crippen LogP contribution in [-0.4, -0.2) is 16.1 Å². The molecule has 2 rings (SSSR count). The van der Waals surface area contributed by atoms with Crippen molar-refractivity contribution in [3.63, 3.8) is 0 Å². The minimum Gasteiger partial charge on any atom is -0.476 e. The number of aromatic nitrogens is 1. The summed E-state index contributed by atoms with van der Waals surface area (Å²) >= 11 is 0.932. The zero-order valence-electron chi connectivity index (χ0n) is 8.70. The Balaban J connectivity index is 2.60. The van der Waals surface area contributed by atoms with Crippen LogP contribution < -0.4 is 0 Å². The Kier molecular flexibility index (Phi) is 2.89. The van der Waals surface area contributed by atoms with Gasteiger partial charge >= 0.3 is 5.97 Å². The Morgan fingerprint density at radius 3 is 2.71 bits per heavy atom. The molecule has 1 aromatic heterocycles. The van der Waals surface area contributed by atoms with E-state index in [2.05, 4.69) is 4.98 Å². The zero-order chi connectivity index (χ0) is 12.6. The number of hydrogen-bond donors (Lipinski definition) is 1. The highest BCUT2D eigenvalue weighted by molar-refractivity contribution is 7.13. The van der Waals surface area contributed by atoms with Crippen LogP contribution in [0.3, 0.4) is 0 Å². The number of halogens is 2. The first-order valence-electron chi connectivity index (χ1n) is 4.65. The maximum atomic E-state index is 13.5. The summed E-state index contributed by atoms with van der Waals surface area (Å²) in [4.78, 5) is 15.1. The lowest BCUT2D eigenvalue weighted by Gasteiger charge is -2.00. The molecule has 0 saturated carbocycles. The smallest absolute Gasteiger partial charge is 0.365 e. The molecule has 0 bridgehead atoms. The number of thiazole rings is 1. The summed E-state index contributed by atoms with van der Waals surface area (Å²) in [6, 6.07) is 2.99. The number of nitrogens with zero attached hydrogens (tertiary/aromatic N) is 1. The summed E-state index contributed by atoms with van der Waals surface area (Å²) in [5.41, 5.74) is 0.149. The second-order valence-corrected chi connectivity index (χ2v) is 4.56. The maximum absolute atomic E-state index is 13.5. The Bertz CT molecular complexity index is 595. The largest absolute Gasteiger partial charge is 0.476 e. The molecule has 0 amide bonds. The van der Waals surface area contributed by atoms with Crippen molar-refractivity contribution in [2.75, 3.05) is 0 Å². The molecule has 1 N–H and O–H groups in total. The summed E-state index contributed by atoms with van der Waals surface area (Å²) < 4.78 is 26.5. The van der Waals surface area contributed by atoms with Crippen molar-refractivity contribution in [2.45, 2.75) is 6.92 Å². The van der Waals surface area contributed by atoms with Gasteiger partial charge in [0.2, 0.25) is 5.01 Å². The number of hydrogen-bond acceptors (Lipinski definition) is 3. The maximum Gasteiger partial charge on any atom is 0.365 e. The van der Waals surface area contributed by atoms with E-state index < -0.39 is 17.6 Å². The van der Waals surface area contributed by atoms with Crippen LogP contribution in [0.1, 0.15) is 14.7 Å². The third kappa shape index (κ3) is 2.16. The monoisotopic (exact) mass is 255 g/mol. The Hall–Kier alpha value is -1.82. The molecular weight excluding hydrogens is 248 g/mol. The van der Waals surface area contributed by atoms with Gasteiger partial charge in [-0.2, -0.15) is 0 Å². The first-order valence-corrected chi connectivity index (χ1v) is 5.47. The molecule has 1 aromatic carbocycles. The summed E-state index contributed by atoms with van der Waals surface area (Å²) in [7, 11) is 0. The third-order valence-electron chi connectivity index (χ3n) is 2.16. The summed E-state index contributed by atoms with van der Waals surface area (Å²) in [5.74, 6) is -2.40. The van der Waals surface area contributed by atoms with E-state index in [1.165, 1.54) is 0 Å². The lowest BCUT2D eigenvalue weighted by molar-refractivity contribution is 0.0696. The van der Waals surface area contributed by atoms with Gasteiger partial charge in [0.05, 0.1) is 5.69 Å². The highest BCUT2D eigenvalue weighted by Gasteiger charge is 2.17. The number of aryl methyl sites for hydroxylation is 1. The van der Waals surface area contributed by atoms with Crippen LogP contribution in [-0.2, 0) is 0 Å². The van der Waals surface area contributed by atoms with Crippen molar-refractivity contribution in [3.05, 3.63) is 39.7 Å². The van der Waals surface area contributed by atoms with Gasteiger partial charge in [-0.15, -0.1) is 11.3 Å². The second kappa shape index (κ2) is 4.21. The van der Waals surface area contributed by atoms with E-state index in [-0.39, 0.29) is 16.3 Å². The first-order chi connectivity index (χ1) is 7.99. The lowest BCUT2D eigenvalue weighted by Crippen LogP contribution is -1.95. The van der Waals surface area contributed by atoms with E-state index in [1.54, 1.807) is 6.92 Å². The molecule has 6 heteroatoms. The Morgan fingerprint density at radius 1 is 1.41 bits per heavy atom. The van der Waals surface area contributed by atoms with E-state index in [4.69, 9.17) is 5.11 Å². The van der Waals surface area contributed by atoms with E-state index >= 15 is 0 Å². The van der Waals surface area contributed by atoms with Crippen molar-refractivity contribution >= 4 is 17.3 Å². The third-order valence-corrected chi connectivity index (χ3v) is 3.12. The van der Waals surface area contributed by atoms with Crippen LogP contribution in [0.2, 0.25) is 0 Å². The molecule has 0 fully saturated rings. The van der Waals surface area contributed by atoms with Gasteiger partial charge in [0.25, 0.3) is 0 Å². The number of carboxylic acid groups (broad SMARTS) is 1. The highest BCUT2D eigenvalue weighted by Crippen LogP contribution is 2.29. The zero-order valence-corrected chi connectivity index (χ0v) is 9.52. The summed E-state index contributed by atoms with van der Waals surface area (Å²) in [5, 5.41) is 8.64. The molecule has 0 spiro atoms. The van der Waals surface area contributed by atoms with Gasteiger partial charge in [-0.3, -0.25) is 0 Å². The SMILES string of the molecule is Cc1sc(C(=O)O)nc1-c1cc(F)ccc1F. The fraction of sp³-hybridized carbons (Fsp3) is 0.0909. The van der Waals surface area contributed by atoms with Crippen molar-refractivity contribution in [1.29, 1.82) is 0 Å². The van der Waals surface area contributed by atoms with Gasteiger partial charge in [0.1, 0.15) is 11.6 Å². The van der Waals surface area contributed by atoms with Crippen LogP contribution in [0.15, 0.2) is 18.2 Å². The van der Waals surface area contributed by atoms with E-state index in [0.717, 1.165) is 29.5 Å². The second-order valence-electron chi connectivity index (χ2n) is 3.35. The lowest BCUT2D eigenvalue weighted by atomic mass is 10.1. The molecule has 0 radical (unpaired) electrons. The van der Waals surface area contributed by atoms with Gasteiger partial charge in [0.15, 0.2) is 0 Å². The van der Waals surface area contributed by atoms with Crippen LogP contribution in [0, 0.1) is 18.6 Å². The van der Waals surface area contributed by atoms with Crippen LogP contribution >= 0.6 is 11.3 Å². The van der Waals surface area contributed by atoms with E-state index in [0.29, 0.717) is 4.88 Å². The quantitative estimate of drug-likeness (QED) is 0.897. The fourth-order valence-corrected chi connectivity index (χ4v) is 2.18. The number of carboxylic acids is 1. The number of benzene rings is 1. The molecule has 2 aromatic rings. The normalized spacial score (nSPS) is 10.5. The van der Waals surface area contributed by atoms with Gasteiger partial charge in [-0.25, -0.2) is 18.6 Å². The predicted molar refractivity (Wildman–Crippen MR) is 59.2 cm³/mol.